The van der Waals surface area contributed by atoms with Crippen LogP contribution >= 0.6 is 0 Å². The lowest BCUT2D eigenvalue weighted by Gasteiger charge is -2.14. The van der Waals surface area contributed by atoms with Gasteiger partial charge in [0.15, 0.2) is 0 Å². The van der Waals surface area contributed by atoms with Crippen LogP contribution < -0.4 is 16.0 Å². The summed E-state index contributed by atoms with van der Waals surface area (Å²) >= 11 is 0. The number of urea groups is 1. The second-order valence-corrected chi connectivity index (χ2v) is 4.49. The molecule has 0 aromatic carbocycles. The molecule has 106 valence electrons. The fourth-order valence-electron chi connectivity index (χ4n) is 1.18. The second kappa shape index (κ2) is 9.85. The van der Waals surface area contributed by atoms with Crippen LogP contribution in [0.4, 0.5) is 4.79 Å². The van der Waals surface area contributed by atoms with Gasteiger partial charge < -0.3 is 15.4 Å². The maximum Gasteiger partial charge on any atom is 0.321 e. The number of nitrogens with one attached hydrogen (secondary N) is 3. The van der Waals surface area contributed by atoms with Crippen molar-refractivity contribution in [2.45, 2.75) is 33.7 Å². The number of hydrogen-bond donors (Lipinski definition) is 3. The lowest BCUT2D eigenvalue weighted by molar-refractivity contribution is -0.121. The van der Waals surface area contributed by atoms with E-state index >= 15 is 0 Å². The van der Waals surface area contributed by atoms with Gasteiger partial charge in [0.2, 0.25) is 5.91 Å². The fourth-order valence-corrected chi connectivity index (χ4v) is 1.18. The Morgan fingerprint density at radius 2 is 1.89 bits per heavy atom. The molecule has 1 atom stereocenters. The van der Waals surface area contributed by atoms with Crippen LogP contribution in [0.3, 0.4) is 0 Å². The highest BCUT2D eigenvalue weighted by atomic mass is 16.5. The van der Waals surface area contributed by atoms with Crippen molar-refractivity contribution in [2.24, 2.45) is 5.92 Å². The van der Waals surface area contributed by atoms with E-state index in [2.05, 4.69) is 29.8 Å². The molecule has 6 nitrogen and oxygen atoms in total. The van der Waals surface area contributed by atoms with Crippen molar-refractivity contribution in [1.82, 2.24) is 16.0 Å². The van der Waals surface area contributed by atoms with Crippen molar-refractivity contribution in [1.29, 1.82) is 0 Å². The van der Waals surface area contributed by atoms with Gasteiger partial charge in [-0.2, -0.15) is 0 Å². The Hall–Kier alpha value is -1.14. The normalized spacial score (nSPS) is 12.3. The minimum absolute atomic E-state index is 0.343. The molecule has 0 aromatic heterocycles. The summed E-state index contributed by atoms with van der Waals surface area (Å²) in [7, 11) is 0. The molecule has 0 spiro atoms. The molecule has 0 bridgehead atoms. The molecule has 3 amide bonds. The number of ether oxygens (including phenoxy) is 1. The molecule has 18 heavy (non-hydrogen) atoms. The minimum atomic E-state index is -0.466. The third-order valence-corrected chi connectivity index (χ3v) is 2.12. The highest BCUT2D eigenvalue weighted by Crippen LogP contribution is 1.91. The van der Waals surface area contributed by atoms with Crippen LogP contribution in [-0.2, 0) is 9.53 Å². The van der Waals surface area contributed by atoms with Gasteiger partial charge in [-0.25, -0.2) is 4.79 Å². The molecule has 1 unspecified atom stereocenters. The largest absolute Gasteiger partial charge is 0.380 e. The lowest BCUT2D eigenvalue weighted by atomic mass is 10.2. The van der Waals surface area contributed by atoms with Gasteiger partial charge in [-0.3, -0.25) is 10.1 Å². The Morgan fingerprint density at radius 3 is 2.44 bits per heavy atom. The van der Waals surface area contributed by atoms with Crippen molar-refractivity contribution in [2.75, 3.05) is 26.3 Å². The number of hydrogen-bond acceptors (Lipinski definition) is 4. The minimum Gasteiger partial charge on any atom is -0.380 e. The first-order chi connectivity index (χ1) is 8.47. The number of amides is 3. The zero-order valence-electron chi connectivity index (χ0n) is 11.7. The first-order valence-corrected chi connectivity index (χ1v) is 6.37. The van der Waals surface area contributed by atoms with E-state index in [1.165, 1.54) is 0 Å². The summed E-state index contributed by atoms with van der Waals surface area (Å²) in [6, 6.07) is -0.887. The summed E-state index contributed by atoms with van der Waals surface area (Å²) in [6.45, 7) is 9.99. The summed E-state index contributed by atoms with van der Waals surface area (Å²) in [6.07, 6.45) is 0. The van der Waals surface area contributed by atoms with E-state index in [1.54, 1.807) is 13.8 Å². The van der Waals surface area contributed by atoms with Crippen molar-refractivity contribution >= 4 is 11.9 Å². The Morgan fingerprint density at radius 1 is 1.22 bits per heavy atom. The summed E-state index contributed by atoms with van der Waals surface area (Å²) < 4.78 is 5.37. The summed E-state index contributed by atoms with van der Waals surface area (Å²) in [5.74, 6) is 0.160. The molecule has 0 heterocycles. The smallest absolute Gasteiger partial charge is 0.321 e. The molecule has 0 aromatic rings. The Labute approximate surface area is 109 Å². The van der Waals surface area contributed by atoms with Crippen molar-refractivity contribution in [3.8, 4) is 0 Å². The topological polar surface area (TPSA) is 79.5 Å². The van der Waals surface area contributed by atoms with Gasteiger partial charge in [-0.15, -0.1) is 0 Å². The summed E-state index contributed by atoms with van der Waals surface area (Å²) in [5, 5.41) is 7.73. The molecular weight excluding hydrogens is 234 g/mol. The lowest BCUT2D eigenvalue weighted by Crippen LogP contribution is -2.48. The molecule has 0 saturated carbocycles. The van der Waals surface area contributed by atoms with Gasteiger partial charge in [-0.1, -0.05) is 13.8 Å². The monoisotopic (exact) mass is 259 g/mol. The van der Waals surface area contributed by atoms with Crippen molar-refractivity contribution < 1.29 is 14.3 Å². The second-order valence-electron chi connectivity index (χ2n) is 4.49. The van der Waals surface area contributed by atoms with Gasteiger partial charge in [0, 0.05) is 19.7 Å². The van der Waals surface area contributed by atoms with Crippen LogP contribution in [0.25, 0.3) is 0 Å². The summed E-state index contributed by atoms with van der Waals surface area (Å²) in [5.41, 5.74) is 0. The van der Waals surface area contributed by atoms with Crippen LogP contribution in [0.5, 0.6) is 0 Å². The molecular formula is C12H25N3O3. The molecule has 3 N–H and O–H groups in total. The first kappa shape index (κ1) is 16.9. The quantitative estimate of drug-likeness (QED) is 0.554. The van der Waals surface area contributed by atoms with E-state index in [0.29, 0.717) is 32.2 Å². The van der Waals surface area contributed by atoms with Gasteiger partial charge in [0.1, 0.15) is 0 Å². The van der Waals surface area contributed by atoms with Crippen LogP contribution in [0.2, 0.25) is 0 Å². The molecule has 6 heteroatoms. The molecule has 0 aliphatic carbocycles. The van der Waals surface area contributed by atoms with Crippen LogP contribution in [0.1, 0.15) is 27.7 Å². The molecule has 0 aliphatic rings. The van der Waals surface area contributed by atoms with E-state index in [4.69, 9.17) is 4.74 Å². The maximum absolute atomic E-state index is 11.5. The van der Waals surface area contributed by atoms with Crippen molar-refractivity contribution in [3.63, 3.8) is 0 Å². The number of imide groups is 1. The average Bonchev–Trinajstić information content (AvgIpc) is 2.28. The standard InChI is InChI=1S/C12H25N3O3/c1-5-13-12(17)15-11(16)10(4)14-6-7-18-8-9(2)3/h9-10,14H,5-8H2,1-4H3,(H2,13,15,16,17). The highest BCUT2D eigenvalue weighted by Gasteiger charge is 2.14. The maximum atomic E-state index is 11.5. The number of rotatable bonds is 8. The zero-order valence-corrected chi connectivity index (χ0v) is 11.7. The molecule has 0 aliphatic heterocycles. The Balaban J connectivity index is 3.65. The molecule has 0 saturated heterocycles. The summed E-state index contributed by atoms with van der Waals surface area (Å²) in [4.78, 5) is 22.6. The zero-order chi connectivity index (χ0) is 14.0. The van der Waals surface area contributed by atoms with Crippen LogP contribution in [0.15, 0.2) is 0 Å². The van der Waals surface area contributed by atoms with E-state index in [9.17, 15) is 9.59 Å². The van der Waals surface area contributed by atoms with Crippen LogP contribution in [-0.4, -0.2) is 44.3 Å². The molecule has 0 fully saturated rings. The van der Waals surface area contributed by atoms with Gasteiger partial charge in [0.05, 0.1) is 12.6 Å². The third-order valence-electron chi connectivity index (χ3n) is 2.12. The number of carbonyl (C=O) groups is 2. The predicted molar refractivity (Wildman–Crippen MR) is 70.3 cm³/mol. The van der Waals surface area contributed by atoms with Gasteiger partial charge in [-0.05, 0) is 19.8 Å². The third kappa shape index (κ3) is 8.95. The van der Waals surface area contributed by atoms with Gasteiger partial charge in [0.25, 0.3) is 0 Å². The average molecular weight is 259 g/mol. The SMILES string of the molecule is CCNC(=O)NC(=O)C(C)NCCOCC(C)C. The highest BCUT2D eigenvalue weighted by molar-refractivity contribution is 5.96. The Bertz CT molecular complexity index is 257. The predicted octanol–water partition coefficient (Wildman–Crippen LogP) is 0.483. The number of carbonyl (C=O) groups excluding carboxylic acids is 2. The van der Waals surface area contributed by atoms with E-state index in [0.717, 1.165) is 0 Å². The van der Waals surface area contributed by atoms with E-state index in [-0.39, 0.29) is 5.91 Å². The Kier molecular flexibility index (Phi) is 9.22. The van der Waals surface area contributed by atoms with E-state index in [1.807, 2.05) is 0 Å². The molecule has 0 radical (unpaired) electrons. The van der Waals surface area contributed by atoms with Crippen LogP contribution in [0, 0.1) is 5.92 Å². The fraction of sp³-hybridized carbons (Fsp3) is 0.833. The molecule has 0 rings (SSSR count). The van der Waals surface area contributed by atoms with Crippen molar-refractivity contribution in [3.05, 3.63) is 0 Å². The van der Waals surface area contributed by atoms with Gasteiger partial charge >= 0.3 is 6.03 Å². The first-order valence-electron chi connectivity index (χ1n) is 6.37. The van der Waals surface area contributed by atoms with E-state index < -0.39 is 12.1 Å².